The molecule has 168 valence electrons. The highest BCUT2D eigenvalue weighted by atomic mass is 35.5. The zero-order valence-corrected chi connectivity index (χ0v) is 19.1. The summed E-state index contributed by atoms with van der Waals surface area (Å²) < 4.78 is 5.14. The van der Waals surface area contributed by atoms with Crippen LogP contribution in [0.5, 0.6) is 5.88 Å². The molecule has 2 aliphatic heterocycles. The molecule has 0 N–H and O–H groups in total. The minimum Gasteiger partial charge on any atom is -0.481 e. The molecule has 1 aliphatic carbocycles. The first-order valence-electron chi connectivity index (χ1n) is 11.3. The molecule has 2 atom stereocenters. The summed E-state index contributed by atoms with van der Waals surface area (Å²) in [7, 11) is 1.51. The van der Waals surface area contributed by atoms with E-state index in [1.165, 1.54) is 12.7 Å². The summed E-state index contributed by atoms with van der Waals surface area (Å²) in [6.45, 7) is 3.04. The zero-order valence-electron chi connectivity index (χ0n) is 18.3. The molecule has 5 rings (SSSR count). The number of ether oxygens (including phenoxy) is 1. The Morgan fingerprint density at radius 2 is 1.75 bits per heavy atom. The second-order valence-electron chi connectivity index (χ2n) is 9.38. The third-order valence-electron chi connectivity index (χ3n) is 7.42. The van der Waals surface area contributed by atoms with Crippen LogP contribution in [0.1, 0.15) is 47.5 Å². The molecule has 1 spiro atoms. The quantitative estimate of drug-likeness (QED) is 0.656. The van der Waals surface area contributed by atoms with Crippen LogP contribution in [-0.2, 0) is 4.79 Å². The van der Waals surface area contributed by atoms with Gasteiger partial charge in [0.05, 0.1) is 7.11 Å². The molecule has 2 unspecified atom stereocenters. The van der Waals surface area contributed by atoms with Gasteiger partial charge in [0.15, 0.2) is 0 Å². The molecular weight excluding hydrogens is 426 g/mol. The molecule has 3 heterocycles. The number of benzene rings is 1. The van der Waals surface area contributed by atoms with Gasteiger partial charge >= 0.3 is 0 Å². The Morgan fingerprint density at radius 1 is 1.06 bits per heavy atom. The molecule has 1 aromatic heterocycles. The third kappa shape index (κ3) is 4.08. The summed E-state index contributed by atoms with van der Waals surface area (Å²) in [5.41, 5.74) is 1.91. The van der Waals surface area contributed by atoms with Gasteiger partial charge < -0.3 is 14.5 Å². The number of hydrogen-bond acceptors (Lipinski definition) is 4. The second-order valence-corrected chi connectivity index (χ2v) is 9.77. The number of pyridine rings is 1. The predicted molar refractivity (Wildman–Crippen MR) is 122 cm³/mol. The summed E-state index contributed by atoms with van der Waals surface area (Å²) in [5.74, 6) is 1.13. The predicted octanol–water partition coefficient (Wildman–Crippen LogP) is 4.00. The van der Waals surface area contributed by atoms with Crippen molar-refractivity contribution in [1.29, 1.82) is 0 Å². The lowest BCUT2D eigenvalue weighted by atomic mass is 9.77. The van der Waals surface area contributed by atoms with Crippen LogP contribution < -0.4 is 4.74 Å². The molecule has 2 amide bonds. The Labute approximate surface area is 193 Å². The van der Waals surface area contributed by atoms with Crippen LogP contribution in [0, 0.1) is 11.3 Å². The first kappa shape index (κ1) is 21.3. The molecule has 6 nitrogen and oxygen atoms in total. The van der Waals surface area contributed by atoms with Gasteiger partial charge in [0.2, 0.25) is 11.8 Å². The van der Waals surface area contributed by atoms with Crippen LogP contribution >= 0.6 is 11.6 Å². The fraction of sp³-hybridized carbons (Fsp3) is 0.480. The number of piperidine rings is 1. The minimum atomic E-state index is -0.0444. The maximum absolute atomic E-state index is 13.1. The number of carbonyl (C=O) groups is 2. The summed E-state index contributed by atoms with van der Waals surface area (Å²) >= 11 is 6.04. The van der Waals surface area contributed by atoms with E-state index in [9.17, 15) is 9.59 Å². The van der Waals surface area contributed by atoms with Gasteiger partial charge in [-0.2, -0.15) is 0 Å². The van der Waals surface area contributed by atoms with Crippen LogP contribution in [0.3, 0.4) is 0 Å². The van der Waals surface area contributed by atoms with Crippen molar-refractivity contribution in [2.24, 2.45) is 11.3 Å². The molecule has 0 radical (unpaired) electrons. The first-order chi connectivity index (χ1) is 15.5. The summed E-state index contributed by atoms with van der Waals surface area (Å²) in [4.78, 5) is 34.1. The van der Waals surface area contributed by atoms with Gasteiger partial charge in [-0.15, -0.1) is 0 Å². The van der Waals surface area contributed by atoms with Crippen molar-refractivity contribution in [3.63, 3.8) is 0 Å². The molecule has 2 aromatic rings. The van der Waals surface area contributed by atoms with E-state index < -0.39 is 0 Å². The average molecular weight is 454 g/mol. The largest absolute Gasteiger partial charge is 0.481 e. The Balaban J connectivity index is 1.17. The van der Waals surface area contributed by atoms with Gasteiger partial charge in [0.1, 0.15) is 5.15 Å². The maximum atomic E-state index is 13.1. The molecule has 3 fully saturated rings. The highest BCUT2D eigenvalue weighted by Gasteiger charge is 2.49. The molecule has 2 saturated heterocycles. The van der Waals surface area contributed by atoms with Crippen LogP contribution in [0.25, 0.3) is 0 Å². The van der Waals surface area contributed by atoms with Crippen LogP contribution in [0.4, 0.5) is 0 Å². The fourth-order valence-corrected chi connectivity index (χ4v) is 5.57. The number of rotatable bonds is 4. The second kappa shape index (κ2) is 8.39. The van der Waals surface area contributed by atoms with Crippen LogP contribution in [0.15, 0.2) is 42.5 Å². The fourth-order valence-electron chi connectivity index (χ4n) is 5.37. The van der Waals surface area contributed by atoms with Gasteiger partial charge in [-0.25, -0.2) is 4.98 Å². The molecule has 1 saturated carbocycles. The van der Waals surface area contributed by atoms with E-state index in [-0.39, 0.29) is 22.4 Å². The Hall–Kier alpha value is -2.60. The van der Waals surface area contributed by atoms with E-state index in [2.05, 4.69) is 22.0 Å². The normalized spacial score (nSPS) is 23.9. The van der Waals surface area contributed by atoms with Crippen LogP contribution in [0.2, 0.25) is 5.15 Å². The Morgan fingerprint density at radius 3 is 2.44 bits per heavy atom. The van der Waals surface area contributed by atoms with Gasteiger partial charge in [0.25, 0.3) is 5.91 Å². The lowest BCUT2D eigenvalue weighted by Gasteiger charge is -2.39. The van der Waals surface area contributed by atoms with Gasteiger partial charge in [-0.05, 0) is 48.6 Å². The number of halogens is 1. The maximum Gasteiger partial charge on any atom is 0.254 e. The van der Waals surface area contributed by atoms with Crippen molar-refractivity contribution in [3.8, 4) is 5.88 Å². The van der Waals surface area contributed by atoms with Crippen molar-refractivity contribution < 1.29 is 14.3 Å². The Bertz CT molecular complexity index is 1020. The van der Waals surface area contributed by atoms with Gasteiger partial charge in [-0.1, -0.05) is 41.9 Å². The molecule has 1 aromatic carbocycles. The van der Waals surface area contributed by atoms with Crippen LogP contribution in [-0.4, -0.2) is 59.9 Å². The third-order valence-corrected chi connectivity index (χ3v) is 7.62. The lowest BCUT2D eigenvalue weighted by Crippen LogP contribution is -2.44. The molecule has 3 aliphatic rings. The number of amides is 2. The minimum absolute atomic E-state index is 0.0444. The molecule has 7 heteroatoms. The number of hydrogen-bond donors (Lipinski definition) is 0. The van der Waals surface area contributed by atoms with Gasteiger partial charge in [0, 0.05) is 43.7 Å². The molecule has 0 bridgehead atoms. The van der Waals surface area contributed by atoms with E-state index in [0.29, 0.717) is 36.4 Å². The number of aromatic nitrogens is 1. The standard InChI is InChI=1S/C25H28ClN3O3/c1-32-22-14-18(13-21(26)27-22)23(30)28-10-7-25(8-11-28)9-12-29(16-25)24(31)20-15-19(20)17-5-3-2-4-6-17/h2-6,13-14,19-20H,7-12,15-16H2,1H3. The van der Waals surface area contributed by atoms with Crippen molar-refractivity contribution in [2.45, 2.75) is 31.6 Å². The lowest BCUT2D eigenvalue weighted by molar-refractivity contribution is -0.132. The van der Waals surface area contributed by atoms with E-state index >= 15 is 0 Å². The van der Waals surface area contributed by atoms with Crippen molar-refractivity contribution >= 4 is 23.4 Å². The van der Waals surface area contributed by atoms with Crippen molar-refractivity contribution in [1.82, 2.24) is 14.8 Å². The van der Waals surface area contributed by atoms with E-state index in [1.807, 2.05) is 23.1 Å². The summed E-state index contributed by atoms with van der Waals surface area (Å²) in [6, 6.07) is 13.6. The van der Waals surface area contributed by atoms with E-state index in [0.717, 1.165) is 38.8 Å². The highest BCUT2D eigenvalue weighted by Crippen LogP contribution is 2.50. The number of carbonyl (C=O) groups excluding carboxylic acids is 2. The number of likely N-dealkylation sites (tertiary alicyclic amines) is 2. The number of methoxy groups -OCH3 is 1. The monoisotopic (exact) mass is 453 g/mol. The number of nitrogens with zero attached hydrogens (tertiary/aromatic N) is 3. The molecule has 32 heavy (non-hydrogen) atoms. The zero-order chi connectivity index (χ0) is 22.3. The van der Waals surface area contributed by atoms with Crippen molar-refractivity contribution in [3.05, 3.63) is 58.7 Å². The first-order valence-corrected chi connectivity index (χ1v) is 11.7. The Kier molecular flexibility index (Phi) is 5.58. The van der Waals surface area contributed by atoms with E-state index in [1.54, 1.807) is 12.1 Å². The van der Waals surface area contributed by atoms with Crippen molar-refractivity contribution in [2.75, 3.05) is 33.3 Å². The highest BCUT2D eigenvalue weighted by molar-refractivity contribution is 6.29. The topological polar surface area (TPSA) is 62.7 Å². The van der Waals surface area contributed by atoms with E-state index in [4.69, 9.17) is 16.3 Å². The SMILES string of the molecule is COc1cc(C(=O)N2CCC3(CC2)CCN(C(=O)C2CC2c2ccccc2)C3)cc(Cl)n1. The van der Waals surface area contributed by atoms with Gasteiger partial charge in [-0.3, -0.25) is 9.59 Å². The average Bonchev–Trinajstić information content (AvgIpc) is 3.53. The molecular formula is C25H28ClN3O3. The summed E-state index contributed by atoms with van der Waals surface area (Å²) in [5, 5.41) is 0.250. The summed E-state index contributed by atoms with van der Waals surface area (Å²) in [6.07, 6.45) is 3.83. The smallest absolute Gasteiger partial charge is 0.254 e.